The van der Waals surface area contributed by atoms with Crippen molar-refractivity contribution in [2.24, 2.45) is 0 Å². The SMILES string of the molecule is c1ncnc(N2CCNC2)n1. The first-order valence-corrected chi connectivity index (χ1v) is 3.54. The third kappa shape index (κ3) is 1.27. The Morgan fingerprint density at radius 2 is 2.18 bits per heavy atom. The maximum atomic E-state index is 4.02. The first-order chi connectivity index (χ1) is 5.47. The van der Waals surface area contributed by atoms with Crippen molar-refractivity contribution in [2.75, 3.05) is 24.7 Å². The van der Waals surface area contributed by atoms with Crippen LogP contribution in [-0.4, -0.2) is 34.7 Å². The van der Waals surface area contributed by atoms with E-state index in [0.717, 1.165) is 25.7 Å². The molecular weight excluding hydrogens is 142 g/mol. The zero-order chi connectivity index (χ0) is 7.52. The third-order valence-corrected chi connectivity index (χ3v) is 1.62. The van der Waals surface area contributed by atoms with Crippen LogP contribution in [0.25, 0.3) is 0 Å². The second-order valence-electron chi connectivity index (χ2n) is 2.36. The summed E-state index contributed by atoms with van der Waals surface area (Å²) in [5, 5.41) is 3.20. The lowest BCUT2D eigenvalue weighted by molar-refractivity contribution is 0.832. The maximum Gasteiger partial charge on any atom is 0.229 e. The smallest absolute Gasteiger partial charge is 0.229 e. The van der Waals surface area contributed by atoms with Crippen LogP contribution in [0.2, 0.25) is 0 Å². The van der Waals surface area contributed by atoms with E-state index in [4.69, 9.17) is 0 Å². The van der Waals surface area contributed by atoms with Crippen molar-refractivity contribution < 1.29 is 0 Å². The van der Waals surface area contributed by atoms with Crippen LogP contribution >= 0.6 is 0 Å². The molecule has 11 heavy (non-hydrogen) atoms. The van der Waals surface area contributed by atoms with Gasteiger partial charge in [0, 0.05) is 13.1 Å². The van der Waals surface area contributed by atoms with Crippen LogP contribution in [0.15, 0.2) is 12.7 Å². The van der Waals surface area contributed by atoms with E-state index >= 15 is 0 Å². The van der Waals surface area contributed by atoms with E-state index in [1.54, 1.807) is 0 Å². The number of nitrogens with one attached hydrogen (secondary N) is 1. The van der Waals surface area contributed by atoms with E-state index in [-0.39, 0.29) is 0 Å². The molecule has 0 unspecified atom stereocenters. The molecule has 5 nitrogen and oxygen atoms in total. The summed E-state index contributed by atoms with van der Waals surface area (Å²) in [6.07, 6.45) is 3.03. The summed E-state index contributed by atoms with van der Waals surface area (Å²) in [6.45, 7) is 2.82. The topological polar surface area (TPSA) is 53.9 Å². The van der Waals surface area contributed by atoms with Gasteiger partial charge in [-0.25, -0.2) is 15.0 Å². The number of anilines is 1. The van der Waals surface area contributed by atoms with Gasteiger partial charge >= 0.3 is 0 Å². The molecule has 0 amide bonds. The highest BCUT2D eigenvalue weighted by Gasteiger charge is 2.12. The summed E-state index contributed by atoms with van der Waals surface area (Å²) in [5.74, 6) is 0.755. The number of aromatic nitrogens is 3. The van der Waals surface area contributed by atoms with Crippen molar-refractivity contribution in [1.82, 2.24) is 20.3 Å². The first kappa shape index (κ1) is 6.48. The Balaban J connectivity index is 2.16. The van der Waals surface area contributed by atoms with E-state index in [1.807, 2.05) is 0 Å². The van der Waals surface area contributed by atoms with E-state index in [2.05, 4.69) is 25.2 Å². The predicted octanol–water partition coefficient (Wildman–Crippen LogP) is -0.761. The van der Waals surface area contributed by atoms with Crippen LogP contribution in [0.4, 0.5) is 5.95 Å². The molecule has 1 fully saturated rings. The molecule has 2 heterocycles. The fraction of sp³-hybridized carbons (Fsp3) is 0.500. The third-order valence-electron chi connectivity index (χ3n) is 1.62. The Kier molecular flexibility index (Phi) is 1.64. The average molecular weight is 151 g/mol. The normalized spacial score (nSPS) is 17.3. The molecule has 2 rings (SSSR count). The molecule has 58 valence electrons. The molecule has 0 radical (unpaired) electrons. The molecular formula is C6H9N5. The highest BCUT2D eigenvalue weighted by molar-refractivity contribution is 5.28. The van der Waals surface area contributed by atoms with E-state index in [9.17, 15) is 0 Å². The molecule has 1 aromatic heterocycles. The molecule has 0 saturated carbocycles. The van der Waals surface area contributed by atoms with Crippen LogP contribution in [-0.2, 0) is 0 Å². The van der Waals surface area contributed by atoms with Gasteiger partial charge in [-0.2, -0.15) is 0 Å². The molecule has 1 saturated heterocycles. The van der Waals surface area contributed by atoms with Crippen LogP contribution in [0.1, 0.15) is 0 Å². The summed E-state index contributed by atoms with van der Waals surface area (Å²) in [6, 6.07) is 0. The van der Waals surface area contributed by atoms with Crippen LogP contribution in [0.3, 0.4) is 0 Å². The summed E-state index contributed by atoms with van der Waals surface area (Å²) >= 11 is 0. The van der Waals surface area contributed by atoms with Gasteiger partial charge < -0.3 is 4.90 Å². The fourth-order valence-electron chi connectivity index (χ4n) is 1.07. The minimum atomic E-state index is 0.755. The summed E-state index contributed by atoms with van der Waals surface area (Å²) in [7, 11) is 0. The highest BCUT2D eigenvalue weighted by atomic mass is 15.3. The van der Waals surface area contributed by atoms with E-state index in [0.29, 0.717) is 0 Å². The Labute approximate surface area is 64.5 Å². The quantitative estimate of drug-likeness (QED) is 0.571. The number of rotatable bonds is 1. The van der Waals surface area contributed by atoms with Gasteiger partial charge in [0.1, 0.15) is 12.7 Å². The van der Waals surface area contributed by atoms with Gasteiger partial charge in [-0.3, -0.25) is 5.32 Å². The molecule has 5 heteroatoms. The molecule has 1 aliphatic heterocycles. The predicted molar refractivity (Wildman–Crippen MR) is 40.0 cm³/mol. The van der Waals surface area contributed by atoms with Gasteiger partial charge in [-0.05, 0) is 0 Å². The minimum absolute atomic E-state index is 0.755. The van der Waals surface area contributed by atoms with Gasteiger partial charge in [0.25, 0.3) is 0 Å². The lowest BCUT2D eigenvalue weighted by atomic mass is 10.6. The highest BCUT2D eigenvalue weighted by Crippen LogP contribution is 2.04. The summed E-state index contributed by atoms with van der Waals surface area (Å²) in [4.78, 5) is 13.9. The van der Waals surface area contributed by atoms with E-state index < -0.39 is 0 Å². The lowest BCUT2D eigenvalue weighted by Gasteiger charge is -2.11. The molecule has 1 aliphatic rings. The average Bonchev–Trinajstić information content (AvgIpc) is 2.58. The molecule has 1 N–H and O–H groups in total. The van der Waals surface area contributed by atoms with Crippen LogP contribution in [0.5, 0.6) is 0 Å². The first-order valence-electron chi connectivity index (χ1n) is 3.54. The zero-order valence-electron chi connectivity index (χ0n) is 6.06. The van der Waals surface area contributed by atoms with Crippen molar-refractivity contribution in [2.45, 2.75) is 0 Å². The summed E-state index contributed by atoms with van der Waals surface area (Å²) < 4.78 is 0. The molecule has 0 atom stereocenters. The second-order valence-corrected chi connectivity index (χ2v) is 2.36. The number of nitrogens with zero attached hydrogens (tertiary/aromatic N) is 4. The number of hydrogen-bond donors (Lipinski definition) is 1. The number of hydrogen-bond acceptors (Lipinski definition) is 5. The van der Waals surface area contributed by atoms with Gasteiger partial charge in [0.05, 0.1) is 6.67 Å². The summed E-state index contributed by atoms with van der Waals surface area (Å²) in [5.41, 5.74) is 0. The lowest BCUT2D eigenvalue weighted by Crippen LogP contribution is -2.23. The van der Waals surface area contributed by atoms with E-state index in [1.165, 1.54) is 12.7 Å². The Hall–Kier alpha value is -1.23. The molecule has 0 aromatic carbocycles. The van der Waals surface area contributed by atoms with Crippen LogP contribution < -0.4 is 10.2 Å². The van der Waals surface area contributed by atoms with Gasteiger partial charge in [-0.1, -0.05) is 0 Å². The van der Waals surface area contributed by atoms with Crippen molar-refractivity contribution in [3.05, 3.63) is 12.7 Å². The van der Waals surface area contributed by atoms with Gasteiger partial charge in [0.15, 0.2) is 0 Å². The molecule has 0 spiro atoms. The zero-order valence-corrected chi connectivity index (χ0v) is 6.06. The van der Waals surface area contributed by atoms with Gasteiger partial charge in [0.2, 0.25) is 5.95 Å². The molecule has 1 aromatic rings. The largest absolute Gasteiger partial charge is 0.327 e. The second kappa shape index (κ2) is 2.79. The standard InChI is InChI=1S/C6H9N5/c1-2-11(5-7-1)6-9-3-8-4-10-6/h3-4,7H,1-2,5H2. The monoisotopic (exact) mass is 151 g/mol. The maximum absolute atomic E-state index is 4.02. The Bertz CT molecular complexity index is 218. The van der Waals surface area contributed by atoms with Crippen molar-refractivity contribution in [3.63, 3.8) is 0 Å². The fourth-order valence-corrected chi connectivity index (χ4v) is 1.07. The Morgan fingerprint density at radius 3 is 2.82 bits per heavy atom. The minimum Gasteiger partial charge on any atom is -0.327 e. The van der Waals surface area contributed by atoms with Crippen molar-refractivity contribution in [1.29, 1.82) is 0 Å². The van der Waals surface area contributed by atoms with Crippen LogP contribution in [0, 0.1) is 0 Å². The molecule has 0 aliphatic carbocycles. The molecule has 0 bridgehead atoms. The van der Waals surface area contributed by atoms with Crippen molar-refractivity contribution in [3.8, 4) is 0 Å². The van der Waals surface area contributed by atoms with Crippen molar-refractivity contribution >= 4 is 5.95 Å². The van der Waals surface area contributed by atoms with Gasteiger partial charge in [-0.15, -0.1) is 0 Å². The Morgan fingerprint density at radius 1 is 1.36 bits per heavy atom.